The topological polar surface area (TPSA) is 79.4 Å². The third kappa shape index (κ3) is 3.40. The molecule has 2 heterocycles. The molecule has 0 radical (unpaired) electrons. The van der Waals surface area contributed by atoms with Gasteiger partial charge in [-0.2, -0.15) is 0 Å². The van der Waals surface area contributed by atoms with E-state index in [1.807, 2.05) is 13.8 Å². The van der Waals surface area contributed by atoms with E-state index in [-0.39, 0.29) is 16.6 Å². The highest BCUT2D eigenvalue weighted by atomic mass is 32.1. The average molecular weight is 411 g/mol. The number of thiazole rings is 1. The van der Waals surface area contributed by atoms with Crippen molar-refractivity contribution in [3.63, 3.8) is 0 Å². The van der Waals surface area contributed by atoms with Gasteiger partial charge in [0.25, 0.3) is 11.8 Å². The predicted molar refractivity (Wildman–Crippen MR) is 108 cm³/mol. The number of rotatable bonds is 5. The number of fused-ring (bicyclic) bond motifs is 2. The summed E-state index contributed by atoms with van der Waals surface area (Å²) in [5.74, 6) is -1.91. The Kier molecular flexibility index (Phi) is 4.87. The molecule has 0 bridgehead atoms. The average Bonchev–Trinajstić information content (AvgIpc) is 3.20. The van der Waals surface area contributed by atoms with E-state index in [1.165, 1.54) is 6.07 Å². The van der Waals surface area contributed by atoms with Gasteiger partial charge in [-0.3, -0.25) is 19.3 Å². The zero-order valence-corrected chi connectivity index (χ0v) is 16.6. The second-order valence-electron chi connectivity index (χ2n) is 7.27. The van der Waals surface area contributed by atoms with Crippen molar-refractivity contribution in [3.05, 3.63) is 59.4 Å². The van der Waals surface area contributed by atoms with Crippen molar-refractivity contribution < 1.29 is 18.8 Å². The summed E-state index contributed by atoms with van der Waals surface area (Å²) >= 11 is 1.14. The Balaban J connectivity index is 1.64. The number of amides is 3. The first-order valence-corrected chi connectivity index (χ1v) is 10.0. The van der Waals surface area contributed by atoms with E-state index < -0.39 is 29.6 Å². The minimum atomic E-state index is -0.987. The van der Waals surface area contributed by atoms with Gasteiger partial charge in [0.2, 0.25) is 5.91 Å². The Morgan fingerprint density at radius 3 is 2.34 bits per heavy atom. The number of anilines is 1. The van der Waals surface area contributed by atoms with Crippen molar-refractivity contribution in [1.29, 1.82) is 0 Å². The van der Waals surface area contributed by atoms with Crippen LogP contribution < -0.4 is 5.32 Å². The highest BCUT2D eigenvalue weighted by molar-refractivity contribution is 7.22. The molecule has 0 aliphatic carbocycles. The standard InChI is InChI=1S/C21H18FN3O3S/c1-11(2)10-15(25-19(27)12-6-3-4-7-13(12)20(25)28)18(26)24-21-23-17-14(22)8-5-9-16(17)29-21/h3-9,11,15H,10H2,1-2H3,(H,23,24,26). The summed E-state index contributed by atoms with van der Waals surface area (Å²) in [6.07, 6.45) is 0.302. The van der Waals surface area contributed by atoms with Crippen LogP contribution in [0.15, 0.2) is 42.5 Å². The van der Waals surface area contributed by atoms with Crippen molar-refractivity contribution in [2.24, 2.45) is 5.92 Å². The van der Waals surface area contributed by atoms with E-state index >= 15 is 0 Å². The third-order valence-electron chi connectivity index (χ3n) is 4.73. The van der Waals surface area contributed by atoms with Crippen molar-refractivity contribution in [1.82, 2.24) is 9.88 Å². The largest absolute Gasteiger partial charge is 0.300 e. The number of halogens is 1. The maximum absolute atomic E-state index is 13.9. The van der Waals surface area contributed by atoms with Crippen LogP contribution in [-0.2, 0) is 4.79 Å². The molecule has 3 aromatic rings. The summed E-state index contributed by atoms with van der Waals surface area (Å²) in [5.41, 5.74) is 0.760. The highest BCUT2D eigenvalue weighted by Gasteiger charge is 2.42. The maximum Gasteiger partial charge on any atom is 0.262 e. The second kappa shape index (κ2) is 7.36. The first kappa shape index (κ1) is 19.2. The molecule has 1 atom stereocenters. The Labute approximate surface area is 170 Å². The number of carbonyl (C=O) groups excluding carboxylic acids is 3. The molecule has 4 rings (SSSR count). The van der Waals surface area contributed by atoms with Crippen LogP contribution in [0.1, 0.15) is 41.0 Å². The lowest BCUT2D eigenvalue weighted by molar-refractivity contribution is -0.120. The Morgan fingerprint density at radius 1 is 1.10 bits per heavy atom. The van der Waals surface area contributed by atoms with Gasteiger partial charge in [0.1, 0.15) is 17.4 Å². The number of nitrogens with one attached hydrogen (secondary N) is 1. The lowest BCUT2D eigenvalue weighted by atomic mass is 10.0. The minimum Gasteiger partial charge on any atom is -0.300 e. The summed E-state index contributed by atoms with van der Waals surface area (Å²) in [6, 6.07) is 10.1. The molecule has 2 aromatic carbocycles. The van der Waals surface area contributed by atoms with Gasteiger partial charge in [-0.15, -0.1) is 0 Å². The number of aromatic nitrogens is 1. The van der Waals surface area contributed by atoms with Crippen LogP contribution >= 0.6 is 11.3 Å². The molecule has 6 nitrogen and oxygen atoms in total. The van der Waals surface area contributed by atoms with Crippen LogP contribution in [0.2, 0.25) is 0 Å². The van der Waals surface area contributed by atoms with Crippen molar-refractivity contribution in [2.45, 2.75) is 26.3 Å². The van der Waals surface area contributed by atoms with Gasteiger partial charge in [-0.05, 0) is 36.6 Å². The molecule has 0 spiro atoms. The smallest absolute Gasteiger partial charge is 0.262 e. The molecule has 1 aliphatic rings. The maximum atomic E-state index is 13.9. The number of carbonyl (C=O) groups is 3. The van der Waals surface area contributed by atoms with E-state index in [1.54, 1.807) is 36.4 Å². The number of imide groups is 1. The molecule has 0 saturated carbocycles. The first-order chi connectivity index (χ1) is 13.9. The van der Waals surface area contributed by atoms with Crippen LogP contribution in [0, 0.1) is 11.7 Å². The van der Waals surface area contributed by atoms with E-state index in [2.05, 4.69) is 10.3 Å². The van der Waals surface area contributed by atoms with Crippen LogP contribution in [0.5, 0.6) is 0 Å². The van der Waals surface area contributed by atoms with Gasteiger partial charge in [0.05, 0.1) is 15.8 Å². The zero-order valence-electron chi connectivity index (χ0n) is 15.8. The lowest BCUT2D eigenvalue weighted by Gasteiger charge is -2.26. The summed E-state index contributed by atoms with van der Waals surface area (Å²) in [7, 11) is 0. The van der Waals surface area contributed by atoms with E-state index in [0.717, 1.165) is 16.2 Å². The van der Waals surface area contributed by atoms with Crippen molar-refractivity contribution in [3.8, 4) is 0 Å². The molecule has 3 amide bonds. The number of para-hydroxylation sites is 1. The summed E-state index contributed by atoms with van der Waals surface area (Å²) in [4.78, 5) is 43.9. The Hall–Kier alpha value is -3.13. The summed E-state index contributed by atoms with van der Waals surface area (Å²) < 4.78 is 14.5. The van der Waals surface area contributed by atoms with Crippen LogP contribution in [-0.4, -0.2) is 33.6 Å². The molecule has 1 aliphatic heterocycles. The SMILES string of the molecule is CC(C)CC(C(=O)Nc1nc2c(F)cccc2s1)N1C(=O)c2ccccc2C1=O. The lowest BCUT2D eigenvalue weighted by Crippen LogP contribution is -2.47. The molecule has 1 unspecified atom stereocenters. The van der Waals surface area contributed by atoms with E-state index in [0.29, 0.717) is 22.2 Å². The molecule has 1 aromatic heterocycles. The third-order valence-corrected chi connectivity index (χ3v) is 5.67. The van der Waals surface area contributed by atoms with Gasteiger partial charge >= 0.3 is 0 Å². The molecule has 29 heavy (non-hydrogen) atoms. The van der Waals surface area contributed by atoms with Gasteiger partial charge in [-0.1, -0.05) is 43.4 Å². The molecular weight excluding hydrogens is 393 g/mol. The van der Waals surface area contributed by atoms with Crippen LogP contribution in [0.4, 0.5) is 9.52 Å². The Morgan fingerprint density at radius 2 is 1.76 bits per heavy atom. The fourth-order valence-corrected chi connectivity index (χ4v) is 4.31. The summed E-state index contributed by atoms with van der Waals surface area (Å²) in [6.45, 7) is 3.82. The summed E-state index contributed by atoms with van der Waals surface area (Å²) in [5, 5.41) is 2.89. The first-order valence-electron chi connectivity index (χ1n) is 9.19. The molecule has 1 N–H and O–H groups in total. The van der Waals surface area contributed by atoms with E-state index in [9.17, 15) is 18.8 Å². The van der Waals surface area contributed by atoms with Crippen molar-refractivity contribution in [2.75, 3.05) is 5.32 Å². The zero-order chi connectivity index (χ0) is 20.7. The predicted octanol–water partition coefficient (Wildman–Crippen LogP) is 4.08. The number of benzene rings is 2. The number of hydrogen-bond donors (Lipinski definition) is 1. The molecule has 0 saturated heterocycles. The fourth-order valence-electron chi connectivity index (χ4n) is 3.42. The number of nitrogens with zero attached hydrogens (tertiary/aromatic N) is 2. The molecule has 0 fully saturated rings. The second-order valence-corrected chi connectivity index (χ2v) is 8.30. The van der Waals surface area contributed by atoms with Gasteiger partial charge in [-0.25, -0.2) is 9.37 Å². The Bertz CT molecular complexity index is 1110. The van der Waals surface area contributed by atoms with Crippen LogP contribution in [0.3, 0.4) is 0 Å². The van der Waals surface area contributed by atoms with Crippen LogP contribution in [0.25, 0.3) is 10.2 Å². The fraction of sp³-hybridized carbons (Fsp3) is 0.238. The molecule has 8 heteroatoms. The normalized spacial score (nSPS) is 14.6. The van der Waals surface area contributed by atoms with Gasteiger partial charge in [0, 0.05) is 0 Å². The van der Waals surface area contributed by atoms with Crippen molar-refractivity contribution >= 4 is 44.4 Å². The quantitative estimate of drug-likeness (QED) is 0.642. The molecule has 148 valence electrons. The number of hydrogen-bond acceptors (Lipinski definition) is 5. The van der Waals surface area contributed by atoms with E-state index in [4.69, 9.17) is 0 Å². The van der Waals surface area contributed by atoms with Gasteiger partial charge in [0.15, 0.2) is 5.13 Å². The highest BCUT2D eigenvalue weighted by Crippen LogP contribution is 2.30. The molecular formula is C21H18FN3O3S. The monoisotopic (exact) mass is 411 g/mol. The minimum absolute atomic E-state index is 0.0582. The van der Waals surface area contributed by atoms with Gasteiger partial charge < -0.3 is 5.32 Å².